The highest BCUT2D eigenvalue weighted by molar-refractivity contribution is 5.24. The van der Waals surface area contributed by atoms with Crippen LogP contribution in [0, 0.1) is 11.7 Å². The lowest BCUT2D eigenvalue weighted by Gasteiger charge is -2.31. The number of piperidine rings is 1. The van der Waals surface area contributed by atoms with Crippen LogP contribution in [-0.2, 0) is 13.1 Å². The molecular weight excluding hydrogens is 231 g/mol. The molecule has 4 heteroatoms. The number of hydrogen-bond donors (Lipinski definition) is 2. The molecule has 1 saturated heterocycles. The van der Waals surface area contributed by atoms with Gasteiger partial charge in [0.2, 0.25) is 0 Å². The molecule has 0 amide bonds. The summed E-state index contributed by atoms with van der Waals surface area (Å²) in [5.41, 5.74) is 7.38. The molecule has 1 heterocycles. The molecule has 3 N–H and O–H groups in total. The van der Waals surface area contributed by atoms with Gasteiger partial charge in [0.25, 0.3) is 0 Å². The van der Waals surface area contributed by atoms with Crippen molar-refractivity contribution < 1.29 is 9.50 Å². The smallest absolute Gasteiger partial charge is 0.123 e. The first-order valence-corrected chi connectivity index (χ1v) is 6.53. The molecule has 0 radical (unpaired) electrons. The number of nitrogens with two attached hydrogens (primary N) is 1. The van der Waals surface area contributed by atoms with Gasteiger partial charge in [0, 0.05) is 19.7 Å². The molecule has 0 aliphatic carbocycles. The van der Waals surface area contributed by atoms with Gasteiger partial charge in [-0.25, -0.2) is 4.39 Å². The number of aliphatic hydroxyl groups is 1. The fourth-order valence-corrected chi connectivity index (χ4v) is 2.51. The Morgan fingerprint density at radius 3 is 2.50 bits per heavy atom. The largest absolute Gasteiger partial charge is 0.396 e. The van der Waals surface area contributed by atoms with E-state index in [0.29, 0.717) is 12.5 Å². The second-order valence-corrected chi connectivity index (χ2v) is 5.07. The number of rotatable bonds is 4. The molecule has 100 valence electrons. The van der Waals surface area contributed by atoms with Crippen LogP contribution in [0.4, 0.5) is 4.39 Å². The summed E-state index contributed by atoms with van der Waals surface area (Å²) in [6.45, 7) is 3.37. The van der Waals surface area contributed by atoms with Crippen molar-refractivity contribution in [2.45, 2.75) is 25.9 Å². The Balaban J connectivity index is 1.95. The van der Waals surface area contributed by atoms with Crippen molar-refractivity contribution in [3.63, 3.8) is 0 Å². The van der Waals surface area contributed by atoms with Crippen LogP contribution >= 0.6 is 0 Å². The lowest BCUT2D eigenvalue weighted by atomic mass is 9.97. The van der Waals surface area contributed by atoms with Gasteiger partial charge < -0.3 is 10.8 Å². The Bertz CT molecular complexity index is 389. The minimum Gasteiger partial charge on any atom is -0.396 e. The van der Waals surface area contributed by atoms with E-state index in [0.717, 1.165) is 43.6 Å². The maximum atomic E-state index is 13.4. The fraction of sp³-hybridized carbons (Fsp3) is 0.571. The van der Waals surface area contributed by atoms with Crippen molar-refractivity contribution in [3.8, 4) is 0 Å². The molecular formula is C14H21FN2O. The zero-order valence-electron chi connectivity index (χ0n) is 10.6. The molecule has 0 atom stereocenters. The maximum absolute atomic E-state index is 13.4. The van der Waals surface area contributed by atoms with E-state index in [1.165, 1.54) is 6.07 Å². The van der Waals surface area contributed by atoms with Gasteiger partial charge in [0.05, 0.1) is 0 Å². The van der Waals surface area contributed by atoms with Gasteiger partial charge in [-0.05, 0) is 55.1 Å². The molecule has 1 aliphatic rings. The Morgan fingerprint density at radius 1 is 1.22 bits per heavy atom. The molecule has 3 nitrogen and oxygen atoms in total. The van der Waals surface area contributed by atoms with Gasteiger partial charge in [-0.15, -0.1) is 0 Å². The maximum Gasteiger partial charge on any atom is 0.123 e. The topological polar surface area (TPSA) is 49.5 Å². The van der Waals surface area contributed by atoms with Crippen LogP contribution < -0.4 is 5.73 Å². The highest BCUT2D eigenvalue weighted by Crippen LogP contribution is 2.19. The van der Waals surface area contributed by atoms with Crippen molar-refractivity contribution in [1.82, 2.24) is 4.90 Å². The van der Waals surface area contributed by atoms with Gasteiger partial charge in [0.1, 0.15) is 5.82 Å². The molecule has 0 saturated carbocycles. The average Bonchev–Trinajstić information content (AvgIpc) is 2.39. The number of benzene rings is 1. The predicted molar refractivity (Wildman–Crippen MR) is 69.4 cm³/mol. The summed E-state index contributed by atoms with van der Waals surface area (Å²) >= 11 is 0. The minimum atomic E-state index is -0.210. The average molecular weight is 252 g/mol. The van der Waals surface area contributed by atoms with Gasteiger partial charge in [-0.3, -0.25) is 4.90 Å². The molecule has 0 aromatic heterocycles. The molecule has 2 rings (SSSR count). The minimum absolute atomic E-state index is 0.210. The normalized spacial score (nSPS) is 18.2. The molecule has 1 fully saturated rings. The standard InChI is InChI=1S/C14H21FN2O/c15-14-6-12(8-16)5-13(7-14)9-17-3-1-11(10-18)2-4-17/h5-7,11,18H,1-4,8-10,16H2. The van der Waals surface area contributed by atoms with Crippen LogP contribution in [0.2, 0.25) is 0 Å². The number of aliphatic hydroxyl groups excluding tert-OH is 1. The third kappa shape index (κ3) is 3.51. The molecule has 18 heavy (non-hydrogen) atoms. The molecule has 0 spiro atoms. The van der Waals surface area contributed by atoms with Crippen LogP contribution in [0.5, 0.6) is 0 Å². The quantitative estimate of drug-likeness (QED) is 0.853. The summed E-state index contributed by atoms with van der Waals surface area (Å²) in [5, 5.41) is 9.09. The monoisotopic (exact) mass is 252 g/mol. The second-order valence-electron chi connectivity index (χ2n) is 5.07. The summed E-state index contributed by atoms with van der Waals surface area (Å²) in [4.78, 5) is 2.31. The predicted octanol–water partition coefficient (Wildman–Crippen LogP) is 1.49. The highest BCUT2D eigenvalue weighted by Gasteiger charge is 2.18. The second kappa shape index (κ2) is 6.27. The van der Waals surface area contributed by atoms with E-state index in [1.807, 2.05) is 6.07 Å². The zero-order valence-corrected chi connectivity index (χ0v) is 10.6. The number of nitrogens with zero attached hydrogens (tertiary/aromatic N) is 1. The van der Waals surface area contributed by atoms with Crippen LogP contribution in [-0.4, -0.2) is 29.7 Å². The van der Waals surface area contributed by atoms with Crippen molar-refractivity contribution in [3.05, 3.63) is 35.1 Å². The summed E-state index contributed by atoms with van der Waals surface area (Å²) in [5.74, 6) is 0.228. The number of halogens is 1. The Labute approximate surface area is 107 Å². The fourth-order valence-electron chi connectivity index (χ4n) is 2.51. The van der Waals surface area contributed by atoms with Crippen molar-refractivity contribution in [2.24, 2.45) is 11.7 Å². The molecule has 0 unspecified atom stereocenters. The van der Waals surface area contributed by atoms with Gasteiger partial charge in [0.15, 0.2) is 0 Å². The lowest BCUT2D eigenvalue weighted by Crippen LogP contribution is -2.34. The number of likely N-dealkylation sites (tertiary alicyclic amines) is 1. The van der Waals surface area contributed by atoms with E-state index < -0.39 is 0 Å². The zero-order chi connectivity index (χ0) is 13.0. The van der Waals surface area contributed by atoms with E-state index >= 15 is 0 Å². The first-order valence-electron chi connectivity index (χ1n) is 6.53. The molecule has 1 aliphatic heterocycles. The third-order valence-electron chi connectivity index (χ3n) is 3.62. The van der Waals surface area contributed by atoms with E-state index in [-0.39, 0.29) is 12.4 Å². The molecule has 0 bridgehead atoms. The van der Waals surface area contributed by atoms with E-state index in [9.17, 15) is 4.39 Å². The van der Waals surface area contributed by atoms with Crippen LogP contribution in [0.15, 0.2) is 18.2 Å². The van der Waals surface area contributed by atoms with E-state index in [1.54, 1.807) is 6.07 Å². The summed E-state index contributed by atoms with van der Waals surface area (Å²) in [6.07, 6.45) is 2.05. The summed E-state index contributed by atoms with van der Waals surface area (Å²) in [6, 6.07) is 5.04. The van der Waals surface area contributed by atoms with Gasteiger partial charge in [-0.2, -0.15) is 0 Å². The van der Waals surface area contributed by atoms with E-state index in [2.05, 4.69) is 4.90 Å². The van der Waals surface area contributed by atoms with E-state index in [4.69, 9.17) is 10.8 Å². The highest BCUT2D eigenvalue weighted by atomic mass is 19.1. The first-order chi connectivity index (χ1) is 8.71. The van der Waals surface area contributed by atoms with Crippen LogP contribution in [0.3, 0.4) is 0 Å². The Morgan fingerprint density at radius 2 is 1.89 bits per heavy atom. The Kier molecular flexibility index (Phi) is 4.69. The third-order valence-corrected chi connectivity index (χ3v) is 3.62. The summed E-state index contributed by atoms with van der Waals surface area (Å²) < 4.78 is 13.4. The van der Waals surface area contributed by atoms with Gasteiger partial charge >= 0.3 is 0 Å². The van der Waals surface area contributed by atoms with Gasteiger partial charge in [-0.1, -0.05) is 6.07 Å². The summed E-state index contributed by atoms with van der Waals surface area (Å²) in [7, 11) is 0. The number of hydrogen-bond acceptors (Lipinski definition) is 3. The van der Waals surface area contributed by atoms with Crippen molar-refractivity contribution in [2.75, 3.05) is 19.7 Å². The Hall–Kier alpha value is -0.970. The molecule has 1 aromatic rings. The van der Waals surface area contributed by atoms with Crippen LogP contribution in [0.25, 0.3) is 0 Å². The molecule has 1 aromatic carbocycles. The van der Waals surface area contributed by atoms with Crippen molar-refractivity contribution in [1.29, 1.82) is 0 Å². The van der Waals surface area contributed by atoms with Crippen molar-refractivity contribution >= 4 is 0 Å². The lowest BCUT2D eigenvalue weighted by molar-refractivity contribution is 0.127. The first kappa shape index (κ1) is 13.5. The SMILES string of the molecule is NCc1cc(F)cc(CN2CCC(CO)CC2)c1. The van der Waals surface area contributed by atoms with Crippen LogP contribution in [0.1, 0.15) is 24.0 Å².